The molecule has 0 spiro atoms. The SMILES string of the molecule is COC(=O)c1cc2cc(Cl)cc(CNC(=O)Cc3c(F)cccc3F)c2nc1OC. The van der Waals surface area contributed by atoms with E-state index in [-0.39, 0.29) is 23.6 Å². The summed E-state index contributed by atoms with van der Waals surface area (Å²) < 4.78 is 37.4. The van der Waals surface area contributed by atoms with Crippen molar-refractivity contribution in [1.82, 2.24) is 10.3 Å². The fourth-order valence-corrected chi connectivity index (χ4v) is 3.22. The Labute approximate surface area is 175 Å². The van der Waals surface area contributed by atoms with Gasteiger partial charge in [-0.05, 0) is 35.9 Å². The maximum atomic E-state index is 13.8. The molecule has 0 atom stereocenters. The van der Waals surface area contributed by atoms with E-state index in [1.165, 1.54) is 26.4 Å². The zero-order valence-corrected chi connectivity index (χ0v) is 16.8. The first-order valence-corrected chi connectivity index (χ1v) is 9.17. The zero-order valence-electron chi connectivity index (χ0n) is 16.1. The molecule has 0 bridgehead atoms. The highest BCUT2D eigenvalue weighted by molar-refractivity contribution is 6.31. The molecule has 3 aromatic rings. The van der Waals surface area contributed by atoms with Gasteiger partial charge in [0.2, 0.25) is 11.8 Å². The van der Waals surface area contributed by atoms with Crippen molar-refractivity contribution >= 4 is 34.4 Å². The van der Waals surface area contributed by atoms with E-state index in [1.54, 1.807) is 12.1 Å². The summed E-state index contributed by atoms with van der Waals surface area (Å²) in [6, 6.07) is 8.13. The van der Waals surface area contributed by atoms with Crippen molar-refractivity contribution < 1.29 is 27.8 Å². The molecule has 1 heterocycles. The van der Waals surface area contributed by atoms with E-state index in [0.717, 1.165) is 12.1 Å². The first kappa shape index (κ1) is 21.4. The van der Waals surface area contributed by atoms with Crippen LogP contribution in [0.1, 0.15) is 21.5 Å². The van der Waals surface area contributed by atoms with Crippen molar-refractivity contribution in [2.45, 2.75) is 13.0 Å². The number of aromatic nitrogens is 1. The molecule has 1 N–H and O–H groups in total. The van der Waals surface area contributed by atoms with Crippen LogP contribution in [0.4, 0.5) is 8.78 Å². The number of esters is 1. The number of methoxy groups -OCH3 is 2. The smallest absolute Gasteiger partial charge is 0.343 e. The molecular formula is C21H17ClF2N2O4. The highest BCUT2D eigenvalue weighted by Gasteiger charge is 2.18. The topological polar surface area (TPSA) is 77.5 Å². The number of nitrogens with zero attached hydrogens (tertiary/aromatic N) is 1. The van der Waals surface area contributed by atoms with E-state index >= 15 is 0 Å². The maximum Gasteiger partial charge on any atom is 0.343 e. The Balaban J connectivity index is 1.88. The van der Waals surface area contributed by atoms with E-state index < -0.39 is 29.9 Å². The van der Waals surface area contributed by atoms with Crippen molar-refractivity contribution in [2.75, 3.05) is 14.2 Å². The summed E-state index contributed by atoms with van der Waals surface area (Å²) in [5.74, 6) is -2.73. The molecule has 2 aromatic carbocycles. The molecule has 0 aliphatic heterocycles. The molecule has 0 saturated carbocycles. The highest BCUT2D eigenvalue weighted by Crippen LogP contribution is 2.28. The number of hydrogen-bond acceptors (Lipinski definition) is 5. The molecule has 1 amide bonds. The number of fused-ring (bicyclic) bond motifs is 1. The lowest BCUT2D eigenvalue weighted by Gasteiger charge is -2.12. The standard InChI is InChI=1S/C21H17ClF2N2O4/c1-29-20-15(21(28)30-2)8-11-6-13(22)7-12(19(11)26-20)10-25-18(27)9-14-16(23)4-3-5-17(14)24/h3-8H,9-10H2,1-2H3,(H,25,27). The summed E-state index contributed by atoms with van der Waals surface area (Å²) in [6.07, 6.45) is -0.458. The largest absolute Gasteiger partial charge is 0.480 e. The Hall–Kier alpha value is -3.26. The van der Waals surface area contributed by atoms with Crippen LogP contribution in [0.25, 0.3) is 10.9 Å². The van der Waals surface area contributed by atoms with Crippen molar-refractivity contribution in [2.24, 2.45) is 0 Å². The number of halogens is 3. The van der Waals surface area contributed by atoms with Crippen molar-refractivity contribution in [3.63, 3.8) is 0 Å². The number of carbonyl (C=O) groups excluding carboxylic acids is 2. The Bertz CT molecular complexity index is 1120. The van der Waals surface area contributed by atoms with Crippen LogP contribution in [0.2, 0.25) is 5.02 Å². The zero-order chi connectivity index (χ0) is 21.8. The summed E-state index contributed by atoms with van der Waals surface area (Å²) in [7, 11) is 2.60. The second-order valence-corrected chi connectivity index (χ2v) is 6.76. The summed E-state index contributed by atoms with van der Waals surface area (Å²) in [5, 5.41) is 3.50. The van der Waals surface area contributed by atoms with Gasteiger partial charge in [-0.15, -0.1) is 0 Å². The molecule has 0 aliphatic rings. The van der Waals surface area contributed by atoms with Gasteiger partial charge < -0.3 is 14.8 Å². The number of amides is 1. The third kappa shape index (κ3) is 4.49. The number of carbonyl (C=O) groups is 2. The normalized spacial score (nSPS) is 10.7. The third-order valence-electron chi connectivity index (χ3n) is 4.40. The number of ether oxygens (including phenoxy) is 2. The van der Waals surface area contributed by atoms with Crippen molar-refractivity contribution in [1.29, 1.82) is 0 Å². The molecule has 0 unspecified atom stereocenters. The molecule has 30 heavy (non-hydrogen) atoms. The molecule has 0 radical (unpaired) electrons. The summed E-state index contributed by atoms with van der Waals surface area (Å²) in [6.45, 7) is -0.000307. The van der Waals surface area contributed by atoms with Crippen LogP contribution in [0, 0.1) is 11.6 Å². The fourth-order valence-electron chi connectivity index (χ4n) is 2.97. The molecule has 156 valence electrons. The molecule has 9 heteroatoms. The molecule has 0 saturated heterocycles. The van der Waals surface area contributed by atoms with Gasteiger partial charge in [0, 0.05) is 22.5 Å². The van der Waals surface area contributed by atoms with Crippen LogP contribution >= 0.6 is 11.6 Å². The second kappa shape index (κ2) is 9.04. The molecule has 3 rings (SSSR count). The van der Waals surface area contributed by atoms with Gasteiger partial charge in [-0.2, -0.15) is 0 Å². The van der Waals surface area contributed by atoms with Crippen LogP contribution in [-0.2, 0) is 22.5 Å². The number of pyridine rings is 1. The Morgan fingerprint density at radius 1 is 1.13 bits per heavy atom. The van der Waals surface area contributed by atoms with Crippen LogP contribution in [-0.4, -0.2) is 31.1 Å². The Kier molecular flexibility index (Phi) is 6.47. The fraction of sp³-hybridized carbons (Fsp3) is 0.190. The number of rotatable bonds is 6. The lowest BCUT2D eigenvalue weighted by Crippen LogP contribution is -2.25. The van der Waals surface area contributed by atoms with Gasteiger partial charge in [-0.3, -0.25) is 4.79 Å². The lowest BCUT2D eigenvalue weighted by molar-refractivity contribution is -0.120. The summed E-state index contributed by atoms with van der Waals surface area (Å²) in [5.41, 5.74) is 0.795. The Morgan fingerprint density at radius 2 is 1.83 bits per heavy atom. The molecule has 0 aliphatic carbocycles. The van der Waals surface area contributed by atoms with Crippen molar-refractivity contribution in [3.8, 4) is 5.88 Å². The number of nitrogens with one attached hydrogen (secondary N) is 1. The molecule has 0 fully saturated rings. The van der Waals surface area contributed by atoms with Gasteiger partial charge in [-0.1, -0.05) is 17.7 Å². The van der Waals surface area contributed by atoms with E-state index in [2.05, 4.69) is 10.3 Å². The minimum Gasteiger partial charge on any atom is -0.480 e. The predicted octanol–water partition coefficient (Wildman–Crippen LogP) is 3.82. The quantitative estimate of drug-likeness (QED) is 0.597. The minimum atomic E-state index is -0.792. The number of benzene rings is 2. The van der Waals surface area contributed by atoms with Crippen molar-refractivity contribution in [3.05, 3.63) is 69.7 Å². The van der Waals surface area contributed by atoms with Crippen LogP contribution in [0.3, 0.4) is 0 Å². The van der Waals surface area contributed by atoms with Gasteiger partial charge in [0.1, 0.15) is 17.2 Å². The predicted molar refractivity (Wildman–Crippen MR) is 107 cm³/mol. The molecule has 1 aromatic heterocycles. The Morgan fingerprint density at radius 3 is 2.47 bits per heavy atom. The van der Waals surface area contributed by atoms with Crippen LogP contribution in [0.5, 0.6) is 5.88 Å². The maximum absolute atomic E-state index is 13.8. The van der Waals surface area contributed by atoms with Gasteiger partial charge in [0.05, 0.1) is 26.2 Å². The second-order valence-electron chi connectivity index (χ2n) is 6.33. The lowest BCUT2D eigenvalue weighted by atomic mass is 10.1. The number of hydrogen-bond donors (Lipinski definition) is 1. The van der Waals surface area contributed by atoms with Gasteiger partial charge in [-0.25, -0.2) is 18.6 Å². The first-order valence-electron chi connectivity index (χ1n) is 8.79. The monoisotopic (exact) mass is 434 g/mol. The first-order chi connectivity index (χ1) is 14.3. The minimum absolute atomic E-state index is 0.000307. The van der Waals surface area contributed by atoms with E-state index in [4.69, 9.17) is 21.1 Å². The van der Waals surface area contributed by atoms with E-state index in [0.29, 0.717) is 21.5 Å². The summed E-state index contributed by atoms with van der Waals surface area (Å²) >= 11 is 6.16. The highest BCUT2D eigenvalue weighted by atomic mass is 35.5. The van der Waals surface area contributed by atoms with Gasteiger partial charge in [0.25, 0.3) is 0 Å². The third-order valence-corrected chi connectivity index (χ3v) is 4.62. The van der Waals surface area contributed by atoms with E-state index in [9.17, 15) is 18.4 Å². The average Bonchev–Trinajstić information content (AvgIpc) is 2.73. The van der Waals surface area contributed by atoms with Crippen LogP contribution < -0.4 is 10.1 Å². The molecular weight excluding hydrogens is 418 g/mol. The summed E-state index contributed by atoms with van der Waals surface area (Å²) in [4.78, 5) is 28.5. The van der Waals surface area contributed by atoms with Crippen LogP contribution in [0.15, 0.2) is 36.4 Å². The molecule has 6 nitrogen and oxygen atoms in total. The average molecular weight is 435 g/mol. The van der Waals surface area contributed by atoms with E-state index in [1.807, 2.05) is 0 Å². The van der Waals surface area contributed by atoms with Gasteiger partial charge >= 0.3 is 5.97 Å². The van der Waals surface area contributed by atoms with Gasteiger partial charge in [0.15, 0.2) is 0 Å².